The Morgan fingerprint density at radius 2 is 1.84 bits per heavy atom. The molecule has 0 bridgehead atoms. The molecule has 3 rings (SSSR count). The van der Waals surface area contributed by atoms with E-state index in [2.05, 4.69) is 4.98 Å². The first-order valence-corrected chi connectivity index (χ1v) is 8.94. The van der Waals surface area contributed by atoms with Crippen molar-refractivity contribution < 1.29 is 4.74 Å². The third kappa shape index (κ3) is 4.56. The molecule has 25 heavy (non-hydrogen) atoms. The summed E-state index contributed by atoms with van der Waals surface area (Å²) in [4.78, 5) is 4.08. The minimum atomic E-state index is -0.255. The van der Waals surface area contributed by atoms with Gasteiger partial charge in [0.2, 0.25) is 0 Å². The quantitative estimate of drug-likeness (QED) is 0.503. The molecule has 1 aromatic heterocycles. The van der Waals surface area contributed by atoms with E-state index in [0.29, 0.717) is 28.2 Å². The largest absolute Gasteiger partial charge is 0.367 e. The summed E-state index contributed by atoms with van der Waals surface area (Å²) < 4.78 is 8.12. The second-order valence-electron chi connectivity index (χ2n) is 5.78. The highest BCUT2D eigenvalue weighted by Crippen LogP contribution is 2.31. The van der Waals surface area contributed by atoms with Crippen molar-refractivity contribution in [1.82, 2.24) is 9.55 Å². The number of rotatable bonds is 6. The lowest BCUT2D eigenvalue weighted by Crippen LogP contribution is -2.13. The minimum absolute atomic E-state index is 0.255. The minimum Gasteiger partial charge on any atom is -0.367 e. The van der Waals surface area contributed by atoms with Crippen LogP contribution in [0.2, 0.25) is 15.1 Å². The van der Waals surface area contributed by atoms with Gasteiger partial charge in [0.25, 0.3) is 0 Å². The summed E-state index contributed by atoms with van der Waals surface area (Å²) in [6, 6.07) is 11.4. The number of imidazole rings is 1. The maximum absolute atomic E-state index is 6.45. The number of hydrogen-bond acceptors (Lipinski definition) is 2. The highest BCUT2D eigenvalue weighted by molar-refractivity contribution is 6.36. The fourth-order valence-electron chi connectivity index (χ4n) is 2.57. The van der Waals surface area contributed by atoms with Gasteiger partial charge >= 0.3 is 0 Å². The monoisotopic (exact) mass is 394 g/mol. The van der Waals surface area contributed by atoms with E-state index in [9.17, 15) is 0 Å². The Balaban J connectivity index is 1.86. The summed E-state index contributed by atoms with van der Waals surface area (Å²) in [6.07, 6.45) is 5.12. The Labute approximate surface area is 162 Å². The summed E-state index contributed by atoms with van der Waals surface area (Å²) in [5.41, 5.74) is 2.79. The Morgan fingerprint density at radius 3 is 2.48 bits per heavy atom. The molecule has 0 amide bonds. The molecule has 0 fully saturated rings. The third-order valence-corrected chi connectivity index (χ3v) is 4.96. The van der Waals surface area contributed by atoms with E-state index in [1.54, 1.807) is 24.7 Å². The molecule has 1 unspecified atom stereocenters. The number of aromatic nitrogens is 2. The van der Waals surface area contributed by atoms with E-state index < -0.39 is 0 Å². The zero-order valence-electron chi connectivity index (χ0n) is 13.6. The van der Waals surface area contributed by atoms with Crippen molar-refractivity contribution in [1.29, 1.82) is 0 Å². The molecule has 0 spiro atoms. The van der Waals surface area contributed by atoms with Gasteiger partial charge in [-0.25, -0.2) is 4.98 Å². The lowest BCUT2D eigenvalue weighted by atomic mass is 10.1. The molecule has 0 saturated heterocycles. The molecule has 0 aliphatic rings. The molecule has 3 aromatic rings. The van der Waals surface area contributed by atoms with E-state index in [-0.39, 0.29) is 6.10 Å². The lowest BCUT2D eigenvalue weighted by molar-refractivity contribution is 0.0281. The zero-order chi connectivity index (χ0) is 17.8. The van der Waals surface area contributed by atoms with E-state index in [0.717, 1.165) is 16.7 Å². The van der Waals surface area contributed by atoms with Crippen molar-refractivity contribution in [2.45, 2.75) is 26.2 Å². The SMILES string of the molecule is Cc1ccc(C(Cn2ccnc2)OCc2c(Cl)cccc2Cl)c(Cl)c1. The van der Waals surface area contributed by atoms with Gasteiger partial charge in [-0.2, -0.15) is 0 Å². The van der Waals surface area contributed by atoms with Crippen molar-refractivity contribution in [3.05, 3.63) is 86.9 Å². The highest BCUT2D eigenvalue weighted by Gasteiger charge is 2.18. The van der Waals surface area contributed by atoms with Gasteiger partial charge in [0.15, 0.2) is 0 Å². The summed E-state index contributed by atoms with van der Waals surface area (Å²) >= 11 is 18.9. The normalized spacial score (nSPS) is 12.3. The molecule has 0 radical (unpaired) electrons. The molecular formula is C19H17Cl3N2O. The zero-order valence-corrected chi connectivity index (χ0v) is 15.9. The molecule has 1 atom stereocenters. The smallest absolute Gasteiger partial charge is 0.102 e. The van der Waals surface area contributed by atoms with Crippen LogP contribution < -0.4 is 0 Å². The molecule has 2 aromatic carbocycles. The molecule has 0 aliphatic carbocycles. The Kier molecular flexibility index (Phi) is 6.02. The van der Waals surface area contributed by atoms with Crippen LogP contribution in [0.1, 0.15) is 22.8 Å². The van der Waals surface area contributed by atoms with Crippen molar-refractivity contribution in [2.24, 2.45) is 0 Å². The average molecular weight is 396 g/mol. The summed E-state index contributed by atoms with van der Waals surface area (Å²) in [6.45, 7) is 2.89. The first-order valence-electron chi connectivity index (χ1n) is 7.81. The van der Waals surface area contributed by atoms with Crippen LogP contribution in [0.25, 0.3) is 0 Å². The van der Waals surface area contributed by atoms with E-state index >= 15 is 0 Å². The van der Waals surface area contributed by atoms with Gasteiger partial charge in [0.1, 0.15) is 6.10 Å². The van der Waals surface area contributed by atoms with Crippen LogP contribution in [-0.2, 0) is 17.9 Å². The van der Waals surface area contributed by atoms with Crippen molar-refractivity contribution in [3.8, 4) is 0 Å². The van der Waals surface area contributed by atoms with Crippen LogP contribution in [-0.4, -0.2) is 9.55 Å². The fourth-order valence-corrected chi connectivity index (χ4v) is 3.44. The van der Waals surface area contributed by atoms with Crippen molar-refractivity contribution in [2.75, 3.05) is 0 Å². The van der Waals surface area contributed by atoms with E-state index in [4.69, 9.17) is 39.5 Å². The second kappa shape index (κ2) is 8.24. The van der Waals surface area contributed by atoms with Crippen LogP contribution in [0.4, 0.5) is 0 Å². The standard InChI is InChI=1S/C19H17Cl3N2O/c1-13-5-6-14(18(22)9-13)19(10-24-8-7-23-12-24)25-11-15-16(20)3-2-4-17(15)21/h2-9,12,19H,10-11H2,1H3. The molecular weight excluding hydrogens is 379 g/mol. The number of ether oxygens (including phenoxy) is 1. The van der Waals surface area contributed by atoms with Crippen LogP contribution in [0.5, 0.6) is 0 Å². The van der Waals surface area contributed by atoms with Gasteiger partial charge < -0.3 is 9.30 Å². The Bertz CT molecular complexity index is 830. The first-order chi connectivity index (χ1) is 12.0. The summed E-state index contributed by atoms with van der Waals surface area (Å²) in [7, 11) is 0. The number of hydrogen-bond donors (Lipinski definition) is 0. The van der Waals surface area contributed by atoms with Crippen molar-refractivity contribution in [3.63, 3.8) is 0 Å². The predicted octanol–water partition coefficient (Wildman–Crippen LogP) is 6.11. The van der Waals surface area contributed by atoms with Crippen LogP contribution in [0.15, 0.2) is 55.1 Å². The highest BCUT2D eigenvalue weighted by atomic mass is 35.5. The van der Waals surface area contributed by atoms with E-state index in [1.165, 1.54) is 0 Å². The van der Waals surface area contributed by atoms with Crippen LogP contribution in [0, 0.1) is 6.92 Å². The predicted molar refractivity (Wildman–Crippen MR) is 102 cm³/mol. The molecule has 130 valence electrons. The second-order valence-corrected chi connectivity index (χ2v) is 7.01. The number of aryl methyl sites for hydroxylation is 1. The Hall–Kier alpha value is -1.52. The molecule has 0 saturated carbocycles. The van der Waals surface area contributed by atoms with Gasteiger partial charge in [0, 0.05) is 38.6 Å². The van der Waals surface area contributed by atoms with Gasteiger partial charge in [-0.1, -0.05) is 53.0 Å². The maximum Gasteiger partial charge on any atom is 0.102 e. The fraction of sp³-hybridized carbons (Fsp3) is 0.211. The number of benzene rings is 2. The van der Waals surface area contributed by atoms with Gasteiger partial charge in [-0.3, -0.25) is 0 Å². The summed E-state index contributed by atoms with van der Waals surface area (Å²) in [5, 5.41) is 1.85. The number of halogens is 3. The van der Waals surface area contributed by atoms with Gasteiger partial charge in [0.05, 0.1) is 19.5 Å². The topological polar surface area (TPSA) is 27.1 Å². The van der Waals surface area contributed by atoms with E-state index in [1.807, 2.05) is 42.0 Å². The Morgan fingerprint density at radius 1 is 1.08 bits per heavy atom. The average Bonchev–Trinajstić information content (AvgIpc) is 3.06. The molecule has 0 aliphatic heterocycles. The molecule has 3 nitrogen and oxygen atoms in total. The lowest BCUT2D eigenvalue weighted by Gasteiger charge is -2.21. The van der Waals surface area contributed by atoms with Crippen LogP contribution in [0.3, 0.4) is 0 Å². The first kappa shape index (κ1) is 18.3. The van der Waals surface area contributed by atoms with Crippen LogP contribution >= 0.6 is 34.8 Å². The van der Waals surface area contributed by atoms with Gasteiger partial charge in [-0.05, 0) is 30.7 Å². The molecule has 6 heteroatoms. The molecule has 0 N–H and O–H groups in total. The number of nitrogens with zero attached hydrogens (tertiary/aromatic N) is 2. The summed E-state index contributed by atoms with van der Waals surface area (Å²) in [5.74, 6) is 0. The van der Waals surface area contributed by atoms with Gasteiger partial charge in [-0.15, -0.1) is 0 Å². The molecule has 1 heterocycles. The maximum atomic E-state index is 6.45. The third-order valence-electron chi connectivity index (χ3n) is 3.93. The van der Waals surface area contributed by atoms with Crippen molar-refractivity contribution >= 4 is 34.8 Å².